The first-order chi connectivity index (χ1) is 10.2. The highest BCUT2D eigenvalue weighted by Gasteiger charge is 2.38. The van der Waals surface area contributed by atoms with Gasteiger partial charge < -0.3 is 9.64 Å². The van der Waals surface area contributed by atoms with Crippen LogP contribution in [0.2, 0.25) is 0 Å². The summed E-state index contributed by atoms with van der Waals surface area (Å²) in [6, 6.07) is 10.2. The molecule has 0 bridgehead atoms. The van der Waals surface area contributed by atoms with Crippen LogP contribution in [0.15, 0.2) is 30.3 Å². The van der Waals surface area contributed by atoms with Crippen LogP contribution in [0, 0.1) is 5.92 Å². The fourth-order valence-corrected chi connectivity index (χ4v) is 4.65. The largest absolute Gasteiger partial charge is 0.375 e. The number of ether oxygens (including phenoxy) is 1. The average Bonchev–Trinajstić information content (AvgIpc) is 3.07. The van der Waals surface area contributed by atoms with E-state index in [1.54, 1.807) is 11.3 Å². The third-order valence-corrected chi connectivity index (χ3v) is 5.73. The molecule has 0 spiro atoms. The molecule has 2 aromatic rings. The van der Waals surface area contributed by atoms with E-state index in [0.717, 1.165) is 30.8 Å². The Labute approximate surface area is 128 Å². The van der Waals surface area contributed by atoms with Crippen molar-refractivity contribution in [3.8, 4) is 0 Å². The Balaban J connectivity index is 1.54. The van der Waals surface area contributed by atoms with E-state index < -0.39 is 0 Å². The molecule has 2 fully saturated rings. The van der Waals surface area contributed by atoms with Crippen molar-refractivity contribution in [2.45, 2.75) is 32.0 Å². The predicted molar refractivity (Wildman–Crippen MR) is 84.8 cm³/mol. The third-order valence-electron chi connectivity index (χ3n) is 4.63. The minimum Gasteiger partial charge on any atom is -0.375 e. The number of thiophene rings is 1. The number of fused-ring (bicyclic) bond motifs is 2. The molecule has 4 heteroatoms. The van der Waals surface area contributed by atoms with Gasteiger partial charge in [-0.15, -0.1) is 11.3 Å². The van der Waals surface area contributed by atoms with Crippen LogP contribution in [-0.2, 0) is 4.74 Å². The summed E-state index contributed by atoms with van der Waals surface area (Å²) in [6.45, 7) is 3.81. The van der Waals surface area contributed by atoms with Crippen LogP contribution in [0.1, 0.15) is 29.4 Å². The lowest BCUT2D eigenvalue weighted by Crippen LogP contribution is -2.44. The molecular formula is C17H19NO2S. The lowest BCUT2D eigenvalue weighted by molar-refractivity contribution is 0.00878. The molecule has 0 radical (unpaired) electrons. The van der Waals surface area contributed by atoms with Gasteiger partial charge in [-0.3, -0.25) is 4.79 Å². The minimum absolute atomic E-state index is 0.189. The highest BCUT2D eigenvalue weighted by Crippen LogP contribution is 2.34. The highest BCUT2D eigenvalue weighted by atomic mass is 32.1. The minimum atomic E-state index is 0.189. The maximum Gasteiger partial charge on any atom is 0.263 e. The number of piperidine rings is 1. The number of carbonyl (C=O) groups is 1. The number of hydrogen-bond acceptors (Lipinski definition) is 3. The molecule has 3 nitrogen and oxygen atoms in total. The first kappa shape index (κ1) is 13.3. The van der Waals surface area contributed by atoms with Crippen molar-refractivity contribution in [3.63, 3.8) is 0 Å². The van der Waals surface area contributed by atoms with Crippen LogP contribution in [0.25, 0.3) is 10.1 Å². The van der Waals surface area contributed by atoms with Gasteiger partial charge in [-0.05, 0) is 37.3 Å². The molecule has 1 aromatic carbocycles. The zero-order chi connectivity index (χ0) is 14.4. The second-order valence-corrected chi connectivity index (χ2v) is 7.25. The van der Waals surface area contributed by atoms with Crippen molar-refractivity contribution in [2.75, 3.05) is 13.1 Å². The SMILES string of the molecule is C[C@@H]1C[C@@H]2CN(C(=O)c3cc4ccccc4s3)CC[C@H]2O1. The summed E-state index contributed by atoms with van der Waals surface area (Å²) in [4.78, 5) is 15.6. The van der Waals surface area contributed by atoms with Crippen LogP contribution in [0.5, 0.6) is 0 Å². The van der Waals surface area contributed by atoms with Crippen molar-refractivity contribution in [3.05, 3.63) is 35.2 Å². The van der Waals surface area contributed by atoms with Gasteiger partial charge in [0.1, 0.15) is 0 Å². The van der Waals surface area contributed by atoms with Crippen molar-refractivity contribution < 1.29 is 9.53 Å². The van der Waals surface area contributed by atoms with E-state index in [4.69, 9.17) is 4.74 Å². The summed E-state index contributed by atoms with van der Waals surface area (Å²) in [5.74, 6) is 0.710. The Morgan fingerprint density at radius 2 is 2.24 bits per heavy atom. The molecule has 0 saturated carbocycles. The Kier molecular flexibility index (Phi) is 3.23. The molecule has 1 aromatic heterocycles. The predicted octanol–water partition coefficient (Wildman–Crippen LogP) is 3.54. The summed E-state index contributed by atoms with van der Waals surface area (Å²) in [5, 5.41) is 1.17. The number of nitrogens with zero attached hydrogens (tertiary/aromatic N) is 1. The molecule has 2 aliphatic heterocycles. The maximum atomic E-state index is 12.7. The number of carbonyl (C=O) groups excluding carboxylic acids is 1. The van der Waals surface area contributed by atoms with Gasteiger partial charge in [0.05, 0.1) is 17.1 Å². The van der Waals surface area contributed by atoms with Crippen molar-refractivity contribution in [1.82, 2.24) is 4.90 Å². The van der Waals surface area contributed by atoms with Gasteiger partial charge in [-0.2, -0.15) is 0 Å². The molecule has 3 heterocycles. The van der Waals surface area contributed by atoms with E-state index in [2.05, 4.69) is 19.1 Å². The van der Waals surface area contributed by atoms with Gasteiger partial charge in [0, 0.05) is 23.7 Å². The summed E-state index contributed by atoms with van der Waals surface area (Å²) >= 11 is 1.60. The fraction of sp³-hybridized carbons (Fsp3) is 0.471. The topological polar surface area (TPSA) is 29.5 Å². The molecule has 4 rings (SSSR count). The first-order valence-electron chi connectivity index (χ1n) is 7.64. The molecule has 2 aliphatic rings. The smallest absolute Gasteiger partial charge is 0.263 e. The molecule has 1 amide bonds. The van der Waals surface area contributed by atoms with Crippen LogP contribution >= 0.6 is 11.3 Å². The number of rotatable bonds is 1. The van der Waals surface area contributed by atoms with Crippen LogP contribution < -0.4 is 0 Å². The van der Waals surface area contributed by atoms with Crippen molar-refractivity contribution >= 4 is 27.3 Å². The van der Waals surface area contributed by atoms with Crippen LogP contribution in [0.4, 0.5) is 0 Å². The van der Waals surface area contributed by atoms with Crippen LogP contribution in [0.3, 0.4) is 0 Å². The van der Waals surface area contributed by atoms with E-state index in [1.165, 1.54) is 10.1 Å². The van der Waals surface area contributed by atoms with Gasteiger partial charge in [0.2, 0.25) is 0 Å². The Morgan fingerprint density at radius 3 is 3.10 bits per heavy atom. The summed E-state index contributed by atoms with van der Waals surface area (Å²) in [7, 11) is 0. The van der Waals surface area contributed by atoms with Crippen molar-refractivity contribution in [1.29, 1.82) is 0 Å². The van der Waals surface area contributed by atoms with E-state index in [9.17, 15) is 4.79 Å². The molecule has 0 N–H and O–H groups in total. The Bertz CT molecular complexity index is 647. The lowest BCUT2D eigenvalue weighted by Gasteiger charge is -2.33. The lowest BCUT2D eigenvalue weighted by atomic mass is 9.93. The molecule has 110 valence electrons. The molecule has 0 aliphatic carbocycles. The number of hydrogen-bond donors (Lipinski definition) is 0. The van der Waals surface area contributed by atoms with Gasteiger partial charge >= 0.3 is 0 Å². The molecule has 2 saturated heterocycles. The maximum absolute atomic E-state index is 12.7. The number of likely N-dealkylation sites (tertiary alicyclic amines) is 1. The second-order valence-electron chi connectivity index (χ2n) is 6.17. The zero-order valence-corrected chi connectivity index (χ0v) is 12.9. The fourth-order valence-electron chi connectivity index (χ4n) is 3.62. The molecule has 0 unspecified atom stereocenters. The Morgan fingerprint density at radius 1 is 1.38 bits per heavy atom. The highest BCUT2D eigenvalue weighted by molar-refractivity contribution is 7.20. The van der Waals surface area contributed by atoms with E-state index in [-0.39, 0.29) is 5.91 Å². The third kappa shape index (κ3) is 2.36. The standard InChI is InChI=1S/C17H19NO2S/c1-11-8-13-10-18(7-6-14(13)20-11)17(19)16-9-12-4-2-3-5-15(12)21-16/h2-5,9,11,13-14H,6-8,10H2,1H3/t11-,13-,14-/m1/s1. The van der Waals surface area contributed by atoms with Gasteiger partial charge in [-0.25, -0.2) is 0 Å². The zero-order valence-electron chi connectivity index (χ0n) is 12.1. The van der Waals surface area contributed by atoms with E-state index in [0.29, 0.717) is 18.1 Å². The molecule has 21 heavy (non-hydrogen) atoms. The second kappa shape index (κ2) is 5.11. The number of benzene rings is 1. The van der Waals surface area contributed by atoms with E-state index in [1.807, 2.05) is 23.1 Å². The number of amides is 1. The first-order valence-corrected chi connectivity index (χ1v) is 8.45. The quantitative estimate of drug-likeness (QED) is 0.806. The molecular weight excluding hydrogens is 282 g/mol. The van der Waals surface area contributed by atoms with Gasteiger partial charge in [0.25, 0.3) is 5.91 Å². The monoisotopic (exact) mass is 301 g/mol. The van der Waals surface area contributed by atoms with Gasteiger partial charge in [0.15, 0.2) is 0 Å². The normalized spacial score (nSPS) is 28.8. The summed E-state index contributed by atoms with van der Waals surface area (Å²) < 4.78 is 7.10. The molecule has 3 atom stereocenters. The summed E-state index contributed by atoms with van der Waals surface area (Å²) in [6.07, 6.45) is 2.78. The van der Waals surface area contributed by atoms with Gasteiger partial charge in [-0.1, -0.05) is 18.2 Å². The average molecular weight is 301 g/mol. The van der Waals surface area contributed by atoms with E-state index >= 15 is 0 Å². The Hall–Kier alpha value is -1.39. The van der Waals surface area contributed by atoms with Crippen LogP contribution in [-0.4, -0.2) is 36.1 Å². The van der Waals surface area contributed by atoms with Crippen molar-refractivity contribution in [2.24, 2.45) is 5.92 Å². The summed E-state index contributed by atoms with van der Waals surface area (Å²) in [5.41, 5.74) is 0.